The highest BCUT2D eigenvalue weighted by Crippen LogP contribution is 2.34. The van der Waals surface area contributed by atoms with Crippen molar-refractivity contribution in [2.24, 2.45) is 11.1 Å². The lowest BCUT2D eigenvalue weighted by molar-refractivity contribution is -0.185. The Kier molecular flexibility index (Phi) is 4.09. The quantitative estimate of drug-likeness (QED) is 0.851. The number of ether oxygens (including phenoxy) is 1. The summed E-state index contributed by atoms with van der Waals surface area (Å²) in [4.78, 5) is 17.4. The van der Waals surface area contributed by atoms with Gasteiger partial charge in [0.1, 0.15) is 6.10 Å². The van der Waals surface area contributed by atoms with Crippen molar-refractivity contribution in [1.82, 2.24) is 0 Å². The highest BCUT2D eigenvalue weighted by Gasteiger charge is 2.54. The summed E-state index contributed by atoms with van der Waals surface area (Å²) in [5, 5.41) is 14.3. The molecule has 1 aromatic carbocycles. The summed E-state index contributed by atoms with van der Waals surface area (Å²) >= 11 is 0. The van der Waals surface area contributed by atoms with Gasteiger partial charge in [-0.3, -0.25) is 0 Å². The second-order valence-corrected chi connectivity index (χ2v) is 5.24. The van der Waals surface area contributed by atoms with Crippen molar-refractivity contribution in [1.29, 1.82) is 0 Å². The van der Waals surface area contributed by atoms with E-state index in [2.05, 4.69) is 5.16 Å². The van der Waals surface area contributed by atoms with Crippen LogP contribution < -0.4 is 0 Å². The Hall–Kier alpha value is -1.88. The third-order valence-electron chi connectivity index (χ3n) is 3.50. The summed E-state index contributed by atoms with van der Waals surface area (Å²) in [6, 6.07) is 9.44. The maximum Gasteiger partial charge on any atom is 0.356 e. The van der Waals surface area contributed by atoms with Gasteiger partial charge in [0, 0.05) is 0 Å². The predicted octanol–water partition coefficient (Wildman–Crippen LogP) is 1.74. The first-order chi connectivity index (χ1) is 9.51. The number of aliphatic hydroxyl groups excluding tert-OH is 1. The highest BCUT2D eigenvalue weighted by atomic mass is 16.7. The predicted molar refractivity (Wildman–Crippen MR) is 74.3 cm³/mol. The molecule has 0 amide bonds. The van der Waals surface area contributed by atoms with Gasteiger partial charge in [0.05, 0.1) is 19.2 Å². The molecule has 0 saturated heterocycles. The second-order valence-electron chi connectivity index (χ2n) is 5.24. The van der Waals surface area contributed by atoms with Crippen LogP contribution in [0.15, 0.2) is 35.5 Å². The van der Waals surface area contributed by atoms with Gasteiger partial charge in [0.25, 0.3) is 5.60 Å². The van der Waals surface area contributed by atoms with E-state index in [1.807, 2.05) is 44.2 Å². The Morgan fingerprint density at radius 3 is 2.60 bits per heavy atom. The van der Waals surface area contributed by atoms with E-state index >= 15 is 0 Å². The zero-order valence-corrected chi connectivity index (χ0v) is 11.9. The number of rotatable bonds is 4. The van der Waals surface area contributed by atoms with Crippen LogP contribution in [0, 0.1) is 5.92 Å². The monoisotopic (exact) mass is 277 g/mol. The van der Waals surface area contributed by atoms with Crippen molar-refractivity contribution >= 4 is 11.7 Å². The van der Waals surface area contributed by atoms with E-state index in [-0.39, 0.29) is 12.3 Å². The summed E-state index contributed by atoms with van der Waals surface area (Å²) in [6.45, 7) is 3.64. The van der Waals surface area contributed by atoms with Gasteiger partial charge in [-0.2, -0.15) is 0 Å². The van der Waals surface area contributed by atoms with Crippen molar-refractivity contribution in [3.63, 3.8) is 0 Å². The summed E-state index contributed by atoms with van der Waals surface area (Å²) < 4.78 is 4.80. The van der Waals surface area contributed by atoms with Gasteiger partial charge in [-0.15, -0.1) is 0 Å². The molecule has 1 N–H and O–H groups in total. The molecule has 0 spiro atoms. The number of carbonyl (C=O) groups is 1. The van der Waals surface area contributed by atoms with Crippen LogP contribution in [0.4, 0.5) is 0 Å². The van der Waals surface area contributed by atoms with E-state index in [9.17, 15) is 9.90 Å². The zero-order chi connectivity index (χ0) is 14.8. The van der Waals surface area contributed by atoms with E-state index in [0.29, 0.717) is 5.71 Å². The number of methoxy groups -OCH3 is 1. The van der Waals surface area contributed by atoms with Gasteiger partial charge in [-0.25, -0.2) is 4.79 Å². The second kappa shape index (κ2) is 5.63. The largest absolute Gasteiger partial charge is 0.466 e. The van der Waals surface area contributed by atoms with Crippen LogP contribution in [0.25, 0.3) is 0 Å². The molecular weight excluding hydrogens is 258 g/mol. The topological polar surface area (TPSA) is 68.1 Å². The minimum Gasteiger partial charge on any atom is -0.466 e. The molecule has 0 radical (unpaired) electrons. The number of hydrogen-bond acceptors (Lipinski definition) is 5. The third kappa shape index (κ3) is 2.41. The van der Waals surface area contributed by atoms with Gasteiger partial charge < -0.3 is 14.7 Å². The van der Waals surface area contributed by atoms with Crippen LogP contribution in [-0.2, 0) is 14.4 Å². The van der Waals surface area contributed by atoms with Crippen molar-refractivity contribution < 1.29 is 19.5 Å². The molecule has 1 aromatic rings. The van der Waals surface area contributed by atoms with Crippen molar-refractivity contribution in [2.75, 3.05) is 7.11 Å². The SMILES string of the molecule is COC(=O)[C@]1([C@H](O)C(C)C)CC(c2ccccc2)=NO1. The molecule has 108 valence electrons. The van der Waals surface area contributed by atoms with Gasteiger partial charge in [0.15, 0.2) is 0 Å². The number of nitrogens with zero attached hydrogens (tertiary/aromatic N) is 1. The van der Waals surface area contributed by atoms with Gasteiger partial charge in [0.2, 0.25) is 0 Å². The van der Waals surface area contributed by atoms with Crippen LogP contribution in [-0.4, -0.2) is 35.6 Å². The Labute approximate surface area is 118 Å². The third-order valence-corrected chi connectivity index (χ3v) is 3.50. The summed E-state index contributed by atoms with van der Waals surface area (Å²) in [5.41, 5.74) is 0.0543. The fourth-order valence-electron chi connectivity index (χ4n) is 2.34. The molecular formula is C15H19NO4. The van der Waals surface area contributed by atoms with E-state index in [4.69, 9.17) is 9.57 Å². The molecule has 0 aliphatic carbocycles. The fraction of sp³-hybridized carbons (Fsp3) is 0.467. The van der Waals surface area contributed by atoms with Crippen LogP contribution in [0.1, 0.15) is 25.8 Å². The molecule has 5 nitrogen and oxygen atoms in total. The lowest BCUT2D eigenvalue weighted by Crippen LogP contribution is -2.52. The number of benzene rings is 1. The molecule has 2 atom stereocenters. The highest BCUT2D eigenvalue weighted by molar-refractivity contribution is 6.04. The van der Waals surface area contributed by atoms with E-state index < -0.39 is 17.7 Å². The van der Waals surface area contributed by atoms with Crippen molar-refractivity contribution in [2.45, 2.75) is 32.0 Å². The number of hydrogen-bond donors (Lipinski definition) is 1. The van der Waals surface area contributed by atoms with Crippen LogP contribution in [0.3, 0.4) is 0 Å². The fourth-order valence-corrected chi connectivity index (χ4v) is 2.34. The Balaban J connectivity index is 2.29. The van der Waals surface area contributed by atoms with Crippen LogP contribution in [0.5, 0.6) is 0 Å². The summed E-state index contributed by atoms with van der Waals surface area (Å²) in [7, 11) is 1.28. The average molecular weight is 277 g/mol. The number of aliphatic hydroxyl groups is 1. The molecule has 0 unspecified atom stereocenters. The van der Waals surface area contributed by atoms with Crippen molar-refractivity contribution in [3.05, 3.63) is 35.9 Å². The average Bonchev–Trinajstić information content (AvgIpc) is 2.92. The molecule has 0 fully saturated rings. The van der Waals surface area contributed by atoms with Gasteiger partial charge >= 0.3 is 5.97 Å². The summed E-state index contributed by atoms with van der Waals surface area (Å²) in [5.74, 6) is -0.757. The minimum absolute atomic E-state index is 0.153. The Morgan fingerprint density at radius 2 is 2.05 bits per heavy atom. The first-order valence-corrected chi connectivity index (χ1v) is 6.58. The molecule has 5 heteroatoms. The smallest absolute Gasteiger partial charge is 0.356 e. The van der Waals surface area contributed by atoms with E-state index in [1.54, 1.807) is 0 Å². The molecule has 20 heavy (non-hydrogen) atoms. The number of carbonyl (C=O) groups excluding carboxylic acids is 1. The molecule has 0 saturated carbocycles. The molecule has 2 rings (SSSR count). The first-order valence-electron chi connectivity index (χ1n) is 6.58. The maximum atomic E-state index is 12.1. The molecule has 1 aliphatic heterocycles. The molecule has 0 aromatic heterocycles. The molecule has 1 heterocycles. The maximum absolute atomic E-state index is 12.1. The lowest BCUT2D eigenvalue weighted by atomic mass is 9.84. The Morgan fingerprint density at radius 1 is 1.40 bits per heavy atom. The Bertz CT molecular complexity index is 512. The summed E-state index contributed by atoms with van der Waals surface area (Å²) in [6.07, 6.45) is -0.789. The number of esters is 1. The van der Waals surface area contributed by atoms with E-state index in [1.165, 1.54) is 7.11 Å². The lowest BCUT2D eigenvalue weighted by Gasteiger charge is -2.30. The van der Waals surface area contributed by atoms with Gasteiger partial charge in [-0.1, -0.05) is 49.3 Å². The zero-order valence-electron chi connectivity index (χ0n) is 11.9. The van der Waals surface area contributed by atoms with E-state index in [0.717, 1.165) is 5.56 Å². The van der Waals surface area contributed by atoms with Crippen LogP contribution >= 0.6 is 0 Å². The van der Waals surface area contributed by atoms with Crippen molar-refractivity contribution in [3.8, 4) is 0 Å². The minimum atomic E-state index is -1.45. The van der Waals surface area contributed by atoms with Crippen LogP contribution in [0.2, 0.25) is 0 Å². The standard InChI is InChI=1S/C15H19NO4/c1-10(2)13(17)15(14(18)19-3)9-12(16-20-15)11-7-5-4-6-8-11/h4-8,10,13,17H,9H2,1-3H3/t13-,15-/m1/s1. The molecule has 1 aliphatic rings. The first kappa shape index (κ1) is 14.5. The number of oxime groups is 1. The van der Waals surface area contributed by atoms with Gasteiger partial charge in [-0.05, 0) is 11.5 Å². The normalized spacial score (nSPS) is 23.1. The molecule has 0 bridgehead atoms.